The average molecular weight is 277 g/mol. The highest BCUT2D eigenvalue weighted by atomic mass is 35.5. The lowest BCUT2D eigenvalue weighted by molar-refractivity contribution is -0.119. The van der Waals surface area contributed by atoms with E-state index in [1.165, 1.54) is 11.4 Å². The molecule has 0 bridgehead atoms. The van der Waals surface area contributed by atoms with Gasteiger partial charge in [-0.15, -0.1) is 0 Å². The monoisotopic (exact) mass is 276 g/mol. The van der Waals surface area contributed by atoms with E-state index in [2.05, 4.69) is 5.32 Å². The maximum Gasteiger partial charge on any atom is 0.247 e. The first-order valence-electron chi connectivity index (χ1n) is 5.97. The standard InChI is InChI=1S/C13H14BClN2O2/c1-7(16-8(2)18)11-6-9-4-3-5-10(15)12(9)13(19)17(11)14/h3-7H,14H2,1-2H3,(H,16,18). The molecule has 6 heteroatoms. The van der Waals surface area contributed by atoms with Crippen LogP contribution in [0.5, 0.6) is 0 Å². The number of halogens is 1. The number of rotatable bonds is 2. The van der Waals surface area contributed by atoms with E-state index >= 15 is 0 Å². The number of nitrogens with zero attached hydrogens (tertiary/aromatic N) is 1. The Morgan fingerprint density at radius 3 is 2.79 bits per heavy atom. The molecule has 1 aromatic heterocycles. The Morgan fingerprint density at radius 1 is 1.47 bits per heavy atom. The van der Waals surface area contributed by atoms with E-state index in [9.17, 15) is 9.59 Å². The number of carbonyl (C=O) groups excluding carboxylic acids is 1. The van der Waals surface area contributed by atoms with Crippen LogP contribution in [-0.4, -0.2) is 18.4 Å². The lowest BCUT2D eigenvalue weighted by atomic mass is 10.1. The Bertz CT molecular complexity index is 712. The van der Waals surface area contributed by atoms with Crippen LogP contribution in [0.25, 0.3) is 10.8 Å². The fraction of sp³-hybridized carbons (Fsp3) is 0.231. The Morgan fingerprint density at radius 2 is 2.16 bits per heavy atom. The minimum absolute atomic E-state index is 0.133. The molecule has 0 fully saturated rings. The number of pyridine rings is 1. The van der Waals surface area contributed by atoms with Gasteiger partial charge >= 0.3 is 0 Å². The van der Waals surface area contributed by atoms with E-state index in [0.717, 1.165) is 11.1 Å². The molecule has 19 heavy (non-hydrogen) atoms. The smallest absolute Gasteiger partial charge is 0.247 e. The molecule has 0 radical (unpaired) electrons. The van der Waals surface area contributed by atoms with Crippen molar-refractivity contribution < 1.29 is 4.79 Å². The Hall–Kier alpha value is -1.75. The van der Waals surface area contributed by atoms with Gasteiger partial charge in [0.25, 0.3) is 0 Å². The molecule has 1 aromatic carbocycles. The average Bonchev–Trinajstić information content (AvgIpc) is 2.32. The van der Waals surface area contributed by atoms with Crippen molar-refractivity contribution in [2.45, 2.75) is 19.9 Å². The highest BCUT2D eigenvalue weighted by Crippen LogP contribution is 2.22. The maximum atomic E-state index is 12.3. The van der Waals surface area contributed by atoms with Gasteiger partial charge in [-0.3, -0.25) is 9.59 Å². The lowest BCUT2D eigenvalue weighted by Crippen LogP contribution is -2.30. The van der Waals surface area contributed by atoms with Gasteiger partial charge in [-0.1, -0.05) is 23.7 Å². The Kier molecular flexibility index (Phi) is 3.67. The van der Waals surface area contributed by atoms with Gasteiger partial charge in [0.1, 0.15) is 0 Å². The molecule has 1 N–H and O–H groups in total. The molecule has 0 aliphatic rings. The van der Waals surface area contributed by atoms with Crippen molar-refractivity contribution in [3.05, 3.63) is 45.3 Å². The van der Waals surface area contributed by atoms with Crippen LogP contribution in [0, 0.1) is 0 Å². The van der Waals surface area contributed by atoms with Crippen molar-refractivity contribution in [1.29, 1.82) is 0 Å². The second kappa shape index (κ2) is 5.09. The molecule has 0 saturated heterocycles. The van der Waals surface area contributed by atoms with Gasteiger partial charge in [0, 0.05) is 12.6 Å². The van der Waals surface area contributed by atoms with Crippen molar-refractivity contribution in [3.63, 3.8) is 0 Å². The van der Waals surface area contributed by atoms with Gasteiger partial charge in [0.05, 0.1) is 16.5 Å². The summed E-state index contributed by atoms with van der Waals surface area (Å²) in [7, 11) is 1.68. The predicted molar refractivity (Wildman–Crippen MR) is 79.4 cm³/mol. The molecular formula is C13H14BClN2O2. The third kappa shape index (κ3) is 2.51. The number of nitrogens with one attached hydrogen (secondary N) is 1. The number of carbonyl (C=O) groups is 1. The summed E-state index contributed by atoms with van der Waals surface area (Å²) in [6.45, 7) is 3.29. The first-order chi connectivity index (χ1) is 8.91. The van der Waals surface area contributed by atoms with E-state index in [1.54, 1.807) is 20.1 Å². The molecule has 1 unspecified atom stereocenters. The highest BCUT2D eigenvalue weighted by molar-refractivity contribution is 6.35. The van der Waals surface area contributed by atoms with Crippen molar-refractivity contribution >= 4 is 36.3 Å². The number of fused-ring (bicyclic) bond motifs is 1. The van der Waals surface area contributed by atoms with E-state index < -0.39 is 0 Å². The van der Waals surface area contributed by atoms with E-state index in [1.807, 2.05) is 19.1 Å². The van der Waals surface area contributed by atoms with Crippen molar-refractivity contribution in [2.75, 3.05) is 0 Å². The minimum atomic E-state index is -0.237. The third-order valence-electron chi connectivity index (χ3n) is 3.12. The van der Waals surface area contributed by atoms with E-state index in [-0.39, 0.29) is 17.5 Å². The number of hydrogen-bond acceptors (Lipinski definition) is 2. The molecular weight excluding hydrogens is 262 g/mol. The summed E-state index contributed by atoms with van der Waals surface area (Å²) in [4.78, 5) is 23.4. The zero-order valence-corrected chi connectivity index (χ0v) is 11.8. The van der Waals surface area contributed by atoms with Crippen LogP contribution in [0.15, 0.2) is 29.1 Å². The van der Waals surface area contributed by atoms with Crippen LogP contribution in [0.3, 0.4) is 0 Å². The van der Waals surface area contributed by atoms with E-state index in [4.69, 9.17) is 11.6 Å². The summed E-state index contributed by atoms with van der Waals surface area (Å²) in [6, 6.07) is 6.98. The van der Waals surface area contributed by atoms with Crippen LogP contribution in [0.4, 0.5) is 0 Å². The fourth-order valence-corrected chi connectivity index (χ4v) is 2.48. The molecule has 0 spiro atoms. The van der Waals surface area contributed by atoms with Gasteiger partial charge in [0.2, 0.25) is 19.4 Å². The summed E-state index contributed by atoms with van der Waals surface area (Å²) in [5.74, 6) is -0.133. The Labute approximate surface area is 116 Å². The zero-order chi connectivity index (χ0) is 14.2. The quantitative estimate of drug-likeness (QED) is 0.839. The SMILES string of the molecule is Bn1c(C(C)NC(C)=O)cc2cccc(Cl)c2c1=O. The molecule has 2 aromatic rings. The largest absolute Gasteiger partial charge is 0.363 e. The summed E-state index contributed by atoms with van der Waals surface area (Å²) in [6.07, 6.45) is 0. The van der Waals surface area contributed by atoms with Crippen molar-refractivity contribution in [1.82, 2.24) is 9.79 Å². The first-order valence-corrected chi connectivity index (χ1v) is 6.35. The summed E-state index contributed by atoms with van der Waals surface area (Å²) >= 11 is 6.07. The summed E-state index contributed by atoms with van der Waals surface area (Å²) in [5, 5.41) is 4.50. The second-order valence-corrected chi connectivity index (χ2v) is 4.97. The maximum absolute atomic E-state index is 12.3. The van der Waals surface area contributed by atoms with Gasteiger partial charge < -0.3 is 9.79 Å². The highest BCUT2D eigenvalue weighted by Gasteiger charge is 2.14. The van der Waals surface area contributed by atoms with Crippen LogP contribution < -0.4 is 10.9 Å². The van der Waals surface area contributed by atoms with Gasteiger partial charge in [-0.2, -0.15) is 0 Å². The number of amides is 1. The first kappa shape index (κ1) is 13.7. The molecule has 98 valence electrons. The molecule has 0 saturated carbocycles. The van der Waals surface area contributed by atoms with Crippen molar-refractivity contribution in [2.24, 2.45) is 0 Å². The molecule has 1 atom stereocenters. The zero-order valence-electron chi connectivity index (χ0n) is 11.0. The minimum Gasteiger partial charge on any atom is -0.363 e. The molecule has 0 aliphatic heterocycles. The molecule has 1 heterocycles. The third-order valence-corrected chi connectivity index (χ3v) is 3.43. The van der Waals surface area contributed by atoms with Crippen LogP contribution in [0.2, 0.25) is 5.02 Å². The molecule has 1 amide bonds. The summed E-state index contributed by atoms with van der Waals surface area (Å²) < 4.78 is 1.52. The molecule has 2 rings (SSSR count). The number of aromatic nitrogens is 1. The van der Waals surface area contributed by atoms with Gasteiger partial charge in [-0.05, 0) is 24.4 Å². The van der Waals surface area contributed by atoms with Gasteiger partial charge in [-0.25, -0.2) is 0 Å². The van der Waals surface area contributed by atoms with Crippen LogP contribution >= 0.6 is 11.6 Å². The number of benzene rings is 1. The van der Waals surface area contributed by atoms with E-state index in [0.29, 0.717) is 10.4 Å². The molecule has 4 nitrogen and oxygen atoms in total. The summed E-state index contributed by atoms with van der Waals surface area (Å²) in [5.41, 5.74) is 0.588. The van der Waals surface area contributed by atoms with Gasteiger partial charge in [0.15, 0.2) is 0 Å². The topological polar surface area (TPSA) is 51.1 Å². The molecule has 0 aliphatic carbocycles. The fourth-order valence-electron chi connectivity index (χ4n) is 2.22. The second-order valence-electron chi connectivity index (χ2n) is 4.56. The van der Waals surface area contributed by atoms with Crippen LogP contribution in [0.1, 0.15) is 25.6 Å². The predicted octanol–water partition coefficient (Wildman–Crippen LogP) is 1.25. The Balaban J connectivity index is 2.68. The lowest BCUT2D eigenvalue weighted by Gasteiger charge is -2.18. The normalized spacial score (nSPS) is 12.4. The van der Waals surface area contributed by atoms with Crippen molar-refractivity contribution in [3.8, 4) is 0 Å². The number of hydrogen-bond donors (Lipinski definition) is 1. The van der Waals surface area contributed by atoms with Crippen LogP contribution in [-0.2, 0) is 4.79 Å².